The molecule has 1 aromatic carbocycles. The predicted octanol–water partition coefficient (Wildman–Crippen LogP) is 4.40. The van der Waals surface area contributed by atoms with E-state index in [4.69, 9.17) is 0 Å². The van der Waals surface area contributed by atoms with Crippen LogP contribution in [0.4, 0.5) is 0 Å². The molecule has 0 aliphatic heterocycles. The van der Waals surface area contributed by atoms with Gasteiger partial charge in [-0.25, -0.2) is 0 Å². The van der Waals surface area contributed by atoms with Gasteiger partial charge in [-0.15, -0.1) is 0 Å². The Balaban J connectivity index is 2.78. The minimum absolute atomic E-state index is 0.436. The lowest BCUT2D eigenvalue weighted by molar-refractivity contribution is 0.211. The number of benzene rings is 1. The Morgan fingerprint density at radius 1 is 1.00 bits per heavy atom. The van der Waals surface area contributed by atoms with Gasteiger partial charge in [-0.05, 0) is 37.1 Å². The fourth-order valence-corrected chi connectivity index (χ4v) is 3.00. The second-order valence-corrected chi connectivity index (χ2v) is 6.00. The van der Waals surface area contributed by atoms with Gasteiger partial charge in [-0.2, -0.15) is 0 Å². The second kappa shape index (κ2) is 9.97. The zero-order valence-electron chi connectivity index (χ0n) is 14.7. The Hall–Kier alpha value is -0.860. The summed E-state index contributed by atoms with van der Waals surface area (Å²) in [6.07, 6.45) is 2.56. The highest BCUT2D eigenvalue weighted by Crippen LogP contribution is 2.20. The van der Waals surface area contributed by atoms with E-state index in [2.05, 4.69) is 69.1 Å². The van der Waals surface area contributed by atoms with Crippen LogP contribution in [-0.2, 0) is 0 Å². The van der Waals surface area contributed by atoms with Gasteiger partial charge in [0, 0.05) is 19.1 Å². The topological polar surface area (TPSA) is 15.3 Å². The molecule has 0 saturated carbocycles. The average Bonchev–Trinajstić information content (AvgIpc) is 2.51. The number of likely N-dealkylation sites (N-methyl/N-ethyl adjacent to an activating group) is 2. The summed E-state index contributed by atoms with van der Waals surface area (Å²) < 4.78 is 0. The SMILES string of the molecule is CCNC(CN(CC)CC(CC)CC)c1ccccc1C. The fraction of sp³-hybridized carbons (Fsp3) is 0.684. The molecule has 120 valence electrons. The summed E-state index contributed by atoms with van der Waals surface area (Å²) in [4.78, 5) is 2.61. The van der Waals surface area contributed by atoms with Gasteiger partial charge in [0.05, 0.1) is 0 Å². The van der Waals surface area contributed by atoms with Crippen molar-refractivity contribution in [3.63, 3.8) is 0 Å². The zero-order chi connectivity index (χ0) is 15.7. The Kier molecular flexibility index (Phi) is 8.63. The first kappa shape index (κ1) is 18.2. The van der Waals surface area contributed by atoms with E-state index in [0.717, 1.165) is 25.6 Å². The molecular weight excluding hydrogens is 256 g/mol. The number of rotatable bonds is 10. The monoisotopic (exact) mass is 290 g/mol. The lowest BCUT2D eigenvalue weighted by atomic mass is 9.99. The van der Waals surface area contributed by atoms with Gasteiger partial charge in [-0.3, -0.25) is 0 Å². The molecule has 0 radical (unpaired) electrons. The molecule has 1 aromatic rings. The van der Waals surface area contributed by atoms with Gasteiger partial charge in [0.25, 0.3) is 0 Å². The van der Waals surface area contributed by atoms with Crippen LogP contribution < -0.4 is 5.32 Å². The van der Waals surface area contributed by atoms with Crippen molar-refractivity contribution in [2.45, 2.75) is 53.5 Å². The molecule has 1 unspecified atom stereocenters. The van der Waals surface area contributed by atoms with E-state index in [-0.39, 0.29) is 0 Å². The number of hydrogen-bond acceptors (Lipinski definition) is 2. The quantitative estimate of drug-likeness (QED) is 0.687. The van der Waals surface area contributed by atoms with Crippen LogP contribution in [-0.4, -0.2) is 31.1 Å². The molecule has 1 N–H and O–H groups in total. The molecule has 0 aliphatic rings. The van der Waals surface area contributed by atoms with E-state index in [1.54, 1.807) is 0 Å². The molecule has 0 fully saturated rings. The molecule has 21 heavy (non-hydrogen) atoms. The van der Waals surface area contributed by atoms with Crippen molar-refractivity contribution in [1.82, 2.24) is 10.2 Å². The third kappa shape index (κ3) is 5.80. The molecule has 2 nitrogen and oxygen atoms in total. The fourth-order valence-electron chi connectivity index (χ4n) is 3.00. The highest BCUT2D eigenvalue weighted by atomic mass is 15.1. The molecule has 0 spiro atoms. The van der Waals surface area contributed by atoms with Crippen LogP contribution in [0.25, 0.3) is 0 Å². The van der Waals surface area contributed by atoms with Crippen LogP contribution in [0.5, 0.6) is 0 Å². The van der Waals surface area contributed by atoms with E-state index in [0.29, 0.717) is 6.04 Å². The van der Waals surface area contributed by atoms with Crippen molar-refractivity contribution >= 4 is 0 Å². The van der Waals surface area contributed by atoms with Gasteiger partial charge >= 0.3 is 0 Å². The summed E-state index contributed by atoms with van der Waals surface area (Å²) in [7, 11) is 0. The Morgan fingerprint density at radius 3 is 2.19 bits per heavy atom. The van der Waals surface area contributed by atoms with Crippen molar-refractivity contribution in [1.29, 1.82) is 0 Å². The normalized spacial score (nSPS) is 13.1. The first-order valence-corrected chi connectivity index (χ1v) is 8.67. The van der Waals surface area contributed by atoms with E-state index < -0.39 is 0 Å². The smallest absolute Gasteiger partial charge is 0.0451 e. The third-order valence-electron chi connectivity index (χ3n) is 4.57. The van der Waals surface area contributed by atoms with Gasteiger partial charge < -0.3 is 10.2 Å². The van der Waals surface area contributed by atoms with Crippen LogP contribution in [0.3, 0.4) is 0 Å². The molecule has 1 rings (SSSR count). The molecule has 0 amide bonds. The van der Waals surface area contributed by atoms with Crippen LogP contribution in [0.1, 0.15) is 57.7 Å². The summed E-state index contributed by atoms with van der Waals surface area (Å²) >= 11 is 0. The number of nitrogens with one attached hydrogen (secondary N) is 1. The minimum atomic E-state index is 0.436. The molecule has 0 saturated heterocycles. The highest BCUT2D eigenvalue weighted by Gasteiger charge is 2.17. The van der Waals surface area contributed by atoms with Crippen molar-refractivity contribution in [2.24, 2.45) is 5.92 Å². The van der Waals surface area contributed by atoms with Crippen molar-refractivity contribution in [3.8, 4) is 0 Å². The number of aryl methyl sites for hydroxylation is 1. The molecule has 0 bridgehead atoms. The standard InChI is InChI=1S/C19H34N2/c1-6-17(7-2)14-21(9-4)15-19(20-8-3)18-13-11-10-12-16(18)5/h10-13,17,19-20H,6-9,14-15H2,1-5H3. The summed E-state index contributed by atoms with van der Waals surface area (Å²) in [6, 6.07) is 9.21. The molecule has 2 heteroatoms. The Bertz CT molecular complexity index is 385. The third-order valence-corrected chi connectivity index (χ3v) is 4.57. The van der Waals surface area contributed by atoms with E-state index in [1.165, 1.54) is 30.5 Å². The summed E-state index contributed by atoms with van der Waals surface area (Å²) in [6.45, 7) is 15.8. The van der Waals surface area contributed by atoms with Crippen molar-refractivity contribution < 1.29 is 0 Å². The van der Waals surface area contributed by atoms with Crippen LogP contribution >= 0.6 is 0 Å². The first-order chi connectivity index (χ1) is 10.2. The van der Waals surface area contributed by atoms with Crippen LogP contribution in [0, 0.1) is 12.8 Å². The molecule has 0 heterocycles. The maximum atomic E-state index is 3.67. The first-order valence-electron chi connectivity index (χ1n) is 8.67. The van der Waals surface area contributed by atoms with Crippen LogP contribution in [0.15, 0.2) is 24.3 Å². The Labute approximate surface area is 131 Å². The molecule has 0 aliphatic carbocycles. The van der Waals surface area contributed by atoms with Gasteiger partial charge in [-0.1, -0.05) is 64.8 Å². The Morgan fingerprint density at radius 2 is 1.67 bits per heavy atom. The highest BCUT2D eigenvalue weighted by molar-refractivity contribution is 5.29. The predicted molar refractivity (Wildman–Crippen MR) is 93.8 cm³/mol. The maximum Gasteiger partial charge on any atom is 0.0451 e. The summed E-state index contributed by atoms with van der Waals surface area (Å²) in [5, 5.41) is 3.67. The van der Waals surface area contributed by atoms with Gasteiger partial charge in [0.1, 0.15) is 0 Å². The molecule has 0 aromatic heterocycles. The maximum absolute atomic E-state index is 3.67. The number of nitrogens with zero attached hydrogens (tertiary/aromatic N) is 1. The van der Waals surface area contributed by atoms with E-state index >= 15 is 0 Å². The number of hydrogen-bond donors (Lipinski definition) is 1. The largest absolute Gasteiger partial charge is 0.309 e. The zero-order valence-corrected chi connectivity index (χ0v) is 14.7. The lowest BCUT2D eigenvalue weighted by Gasteiger charge is -2.30. The lowest BCUT2D eigenvalue weighted by Crippen LogP contribution is -2.38. The van der Waals surface area contributed by atoms with Crippen molar-refractivity contribution in [3.05, 3.63) is 35.4 Å². The van der Waals surface area contributed by atoms with Crippen LogP contribution in [0.2, 0.25) is 0 Å². The summed E-state index contributed by atoms with van der Waals surface area (Å²) in [5.41, 5.74) is 2.84. The van der Waals surface area contributed by atoms with Gasteiger partial charge in [0.15, 0.2) is 0 Å². The van der Waals surface area contributed by atoms with E-state index in [9.17, 15) is 0 Å². The average molecular weight is 290 g/mol. The molecule has 1 atom stereocenters. The minimum Gasteiger partial charge on any atom is -0.309 e. The molecular formula is C19H34N2. The summed E-state index contributed by atoms with van der Waals surface area (Å²) in [5.74, 6) is 0.823. The van der Waals surface area contributed by atoms with Gasteiger partial charge in [0.2, 0.25) is 0 Å². The van der Waals surface area contributed by atoms with Crippen molar-refractivity contribution in [2.75, 3.05) is 26.2 Å². The second-order valence-electron chi connectivity index (χ2n) is 6.00. The van der Waals surface area contributed by atoms with E-state index in [1.807, 2.05) is 0 Å².